The summed E-state index contributed by atoms with van der Waals surface area (Å²) in [6.45, 7) is 8.65. The smallest absolute Gasteiger partial charge is 0.256 e. The molecule has 27 heavy (non-hydrogen) atoms. The molecule has 1 aromatic rings. The zero-order valence-electron chi connectivity index (χ0n) is 17.0. The molecule has 1 N–H and O–H groups in total. The van der Waals surface area contributed by atoms with Crippen molar-refractivity contribution in [2.24, 2.45) is 11.8 Å². The van der Waals surface area contributed by atoms with Gasteiger partial charge in [0.25, 0.3) is 5.91 Å². The van der Waals surface area contributed by atoms with Gasteiger partial charge in [0.2, 0.25) is 0 Å². The Morgan fingerprint density at radius 2 is 1.78 bits per heavy atom. The molecular weight excluding hydrogens is 340 g/mol. The van der Waals surface area contributed by atoms with Crippen LogP contribution in [0.2, 0.25) is 0 Å². The van der Waals surface area contributed by atoms with Crippen LogP contribution in [0.1, 0.15) is 46.0 Å². The molecule has 0 bridgehead atoms. The van der Waals surface area contributed by atoms with E-state index in [0.29, 0.717) is 6.61 Å². The summed E-state index contributed by atoms with van der Waals surface area (Å²) in [6.07, 6.45) is 5.01. The lowest BCUT2D eigenvalue weighted by molar-refractivity contribution is -0.136. The zero-order chi connectivity index (χ0) is 19.3. The molecule has 1 saturated carbocycles. The third-order valence-electron chi connectivity index (χ3n) is 5.95. The SMILES string of the molecule is COC1(C(=O)Nc2ccc(OCCN3CC(C)CC(C)C3)cc2)CCCC1. The number of nitrogens with one attached hydrogen (secondary N) is 1. The van der Waals surface area contributed by atoms with Crippen LogP contribution in [0.4, 0.5) is 5.69 Å². The fraction of sp³-hybridized carbons (Fsp3) is 0.682. The van der Waals surface area contributed by atoms with E-state index in [1.807, 2.05) is 24.3 Å². The zero-order valence-corrected chi connectivity index (χ0v) is 17.0. The number of benzene rings is 1. The van der Waals surface area contributed by atoms with E-state index in [2.05, 4.69) is 24.1 Å². The Morgan fingerprint density at radius 1 is 1.15 bits per heavy atom. The molecule has 1 aromatic carbocycles. The Bertz CT molecular complexity index is 600. The van der Waals surface area contributed by atoms with E-state index in [1.165, 1.54) is 19.5 Å². The summed E-state index contributed by atoms with van der Waals surface area (Å²) in [5.41, 5.74) is 0.132. The number of methoxy groups -OCH3 is 1. The van der Waals surface area contributed by atoms with Gasteiger partial charge in [0, 0.05) is 32.4 Å². The number of amides is 1. The summed E-state index contributed by atoms with van der Waals surface area (Å²) < 4.78 is 11.4. The molecular formula is C22H34N2O3. The molecule has 3 rings (SSSR count). The molecule has 0 radical (unpaired) electrons. The van der Waals surface area contributed by atoms with Crippen LogP contribution in [0, 0.1) is 11.8 Å². The van der Waals surface area contributed by atoms with Gasteiger partial charge >= 0.3 is 0 Å². The standard InChI is InChI=1S/C22H34N2O3/c1-17-14-18(2)16-24(15-17)12-13-27-20-8-6-19(7-9-20)23-21(25)22(26-3)10-4-5-11-22/h6-9,17-18H,4-5,10-16H2,1-3H3,(H,23,25). The number of likely N-dealkylation sites (tertiary alicyclic amines) is 1. The van der Waals surface area contributed by atoms with Crippen LogP contribution >= 0.6 is 0 Å². The number of nitrogens with zero attached hydrogens (tertiary/aromatic N) is 1. The Morgan fingerprint density at radius 3 is 2.37 bits per heavy atom. The third-order valence-corrected chi connectivity index (χ3v) is 5.95. The molecule has 2 unspecified atom stereocenters. The Kier molecular flexibility index (Phi) is 6.77. The van der Waals surface area contributed by atoms with Gasteiger partial charge in [-0.05, 0) is 68.2 Å². The molecule has 0 spiro atoms. The van der Waals surface area contributed by atoms with Gasteiger partial charge in [-0.25, -0.2) is 0 Å². The fourth-order valence-corrected chi connectivity index (χ4v) is 4.62. The molecule has 2 aliphatic rings. The number of rotatable bonds is 7. The van der Waals surface area contributed by atoms with Crippen molar-refractivity contribution in [3.8, 4) is 5.75 Å². The summed E-state index contributed by atoms with van der Waals surface area (Å²) in [6, 6.07) is 7.64. The first kappa shape index (κ1) is 20.2. The number of ether oxygens (including phenoxy) is 2. The van der Waals surface area contributed by atoms with E-state index >= 15 is 0 Å². The van der Waals surface area contributed by atoms with Gasteiger partial charge in [-0.2, -0.15) is 0 Å². The predicted molar refractivity (Wildman–Crippen MR) is 108 cm³/mol. The maximum absolute atomic E-state index is 12.6. The summed E-state index contributed by atoms with van der Waals surface area (Å²) in [4.78, 5) is 15.1. The normalized spacial score (nSPS) is 25.3. The minimum Gasteiger partial charge on any atom is -0.492 e. The molecule has 150 valence electrons. The number of hydrogen-bond donors (Lipinski definition) is 1. The van der Waals surface area contributed by atoms with Crippen LogP contribution in [0.5, 0.6) is 5.75 Å². The van der Waals surface area contributed by atoms with Gasteiger partial charge in [0.1, 0.15) is 18.0 Å². The van der Waals surface area contributed by atoms with Gasteiger partial charge in [-0.3, -0.25) is 9.69 Å². The van der Waals surface area contributed by atoms with Crippen molar-refractivity contribution >= 4 is 11.6 Å². The molecule has 0 aromatic heterocycles. The number of hydrogen-bond acceptors (Lipinski definition) is 4. The van der Waals surface area contributed by atoms with Gasteiger partial charge in [0.15, 0.2) is 0 Å². The van der Waals surface area contributed by atoms with E-state index in [-0.39, 0.29) is 5.91 Å². The van der Waals surface area contributed by atoms with E-state index in [4.69, 9.17) is 9.47 Å². The van der Waals surface area contributed by atoms with Crippen molar-refractivity contribution in [1.29, 1.82) is 0 Å². The Balaban J connectivity index is 1.45. The second-order valence-corrected chi connectivity index (χ2v) is 8.44. The van der Waals surface area contributed by atoms with Crippen LogP contribution in [-0.2, 0) is 9.53 Å². The van der Waals surface area contributed by atoms with Crippen molar-refractivity contribution in [1.82, 2.24) is 4.90 Å². The summed E-state index contributed by atoms with van der Waals surface area (Å²) in [5, 5.41) is 2.99. The van der Waals surface area contributed by atoms with E-state index < -0.39 is 5.60 Å². The average molecular weight is 375 g/mol. The van der Waals surface area contributed by atoms with E-state index in [1.54, 1.807) is 7.11 Å². The number of piperidine rings is 1. The van der Waals surface area contributed by atoms with Gasteiger partial charge in [-0.15, -0.1) is 0 Å². The molecule has 2 fully saturated rings. The first-order valence-corrected chi connectivity index (χ1v) is 10.3. The number of anilines is 1. The van der Waals surface area contributed by atoms with Crippen LogP contribution in [-0.4, -0.2) is 49.8 Å². The highest BCUT2D eigenvalue weighted by Crippen LogP contribution is 2.34. The largest absolute Gasteiger partial charge is 0.492 e. The topological polar surface area (TPSA) is 50.8 Å². The Hall–Kier alpha value is -1.59. The minimum atomic E-state index is -0.655. The number of carbonyl (C=O) groups excluding carboxylic acids is 1. The van der Waals surface area contributed by atoms with Crippen molar-refractivity contribution in [3.05, 3.63) is 24.3 Å². The second-order valence-electron chi connectivity index (χ2n) is 8.44. The van der Waals surface area contributed by atoms with E-state index in [0.717, 1.165) is 55.5 Å². The monoisotopic (exact) mass is 374 g/mol. The first-order chi connectivity index (χ1) is 13.0. The van der Waals surface area contributed by atoms with E-state index in [9.17, 15) is 4.79 Å². The van der Waals surface area contributed by atoms with Crippen molar-refractivity contribution in [3.63, 3.8) is 0 Å². The van der Waals surface area contributed by atoms with Gasteiger partial charge in [-0.1, -0.05) is 13.8 Å². The van der Waals surface area contributed by atoms with Crippen LogP contribution in [0.25, 0.3) is 0 Å². The quantitative estimate of drug-likeness (QED) is 0.785. The van der Waals surface area contributed by atoms with Crippen LogP contribution in [0.15, 0.2) is 24.3 Å². The van der Waals surface area contributed by atoms with Crippen LogP contribution in [0.3, 0.4) is 0 Å². The molecule has 1 aliphatic heterocycles. The molecule has 5 heteroatoms. The molecule has 2 atom stereocenters. The molecule has 5 nitrogen and oxygen atoms in total. The molecule has 1 amide bonds. The summed E-state index contributed by atoms with van der Waals surface area (Å²) >= 11 is 0. The maximum atomic E-state index is 12.6. The van der Waals surface area contributed by atoms with Crippen molar-refractivity contribution in [2.75, 3.05) is 38.7 Å². The third kappa shape index (κ3) is 5.23. The van der Waals surface area contributed by atoms with Gasteiger partial charge < -0.3 is 14.8 Å². The lowest BCUT2D eigenvalue weighted by Crippen LogP contribution is -2.42. The summed E-state index contributed by atoms with van der Waals surface area (Å²) in [5.74, 6) is 2.34. The summed E-state index contributed by atoms with van der Waals surface area (Å²) in [7, 11) is 1.63. The molecule has 1 aliphatic carbocycles. The van der Waals surface area contributed by atoms with Gasteiger partial charge in [0.05, 0.1) is 0 Å². The number of carbonyl (C=O) groups is 1. The fourth-order valence-electron chi connectivity index (χ4n) is 4.62. The maximum Gasteiger partial charge on any atom is 0.256 e. The van der Waals surface area contributed by atoms with Crippen LogP contribution < -0.4 is 10.1 Å². The lowest BCUT2D eigenvalue weighted by atomic mass is 9.92. The highest BCUT2D eigenvalue weighted by Gasteiger charge is 2.41. The Labute approximate surface area is 163 Å². The van der Waals surface area contributed by atoms with Crippen molar-refractivity contribution in [2.45, 2.75) is 51.6 Å². The highest BCUT2D eigenvalue weighted by atomic mass is 16.5. The van der Waals surface area contributed by atoms with Crippen molar-refractivity contribution < 1.29 is 14.3 Å². The lowest BCUT2D eigenvalue weighted by Gasteiger charge is -2.34. The minimum absolute atomic E-state index is 0.0375. The highest BCUT2D eigenvalue weighted by molar-refractivity contribution is 5.97. The second kappa shape index (κ2) is 9.07. The molecule has 1 saturated heterocycles. The average Bonchev–Trinajstić information content (AvgIpc) is 3.13. The molecule has 1 heterocycles. The predicted octanol–water partition coefficient (Wildman–Crippen LogP) is 3.94. The first-order valence-electron chi connectivity index (χ1n) is 10.3.